The minimum atomic E-state index is -0.586. The number of rotatable bonds is 22. The molecule has 0 saturated heterocycles. The summed E-state index contributed by atoms with van der Waals surface area (Å²) in [4.78, 5) is 15.4. The van der Waals surface area contributed by atoms with Crippen molar-refractivity contribution in [3.63, 3.8) is 0 Å². The minimum Gasteiger partial charge on any atom is -0.385 e. The van der Waals surface area contributed by atoms with Crippen LogP contribution in [-0.2, 0) is 10.4 Å². The number of nitrogens with two attached hydrogens (primary N) is 1. The fourth-order valence-electron chi connectivity index (χ4n) is 10.6. The van der Waals surface area contributed by atoms with Crippen molar-refractivity contribution in [1.29, 1.82) is 5.26 Å². The lowest BCUT2D eigenvalue weighted by Crippen LogP contribution is -2.36. The maximum absolute atomic E-state index is 11.2. The van der Waals surface area contributed by atoms with E-state index in [4.69, 9.17) is 11.0 Å². The van der Waals surface area contributed by atoms with Crippen LogP contribution in [0.5, 0.6) is 0 Å². The molecule has 3 N–H and O–H groups in total. The Morgan fingerprint density at radius 3 is 1.31 bits per heavy atom. The average Bonchev–Trinajstić information content (AvgIpc) is 3.50. The third-order valence-corrected chi connectivity index (χ3v) is 14.9. The largest absolute Gasteiger partial charge is 0.385 e. The quantitative estimate of drug-likeness (QED) is 0.0706. The van der Waals surface area contributed by atoms with Crippen molar-refractivity contribution in [2.75, 3.05) is 0 Å². The first kappa shape index (κ1) is 62.9. The van der Waals surface area contributed by atoms with Gasteiger partial charge in [0.25, 0.3) is 0 Å². The van der Waals surface area contributed by atoms with Gasteiger partial charge in [0.05, 0.1) is 23.5 Å². The third-order valence-electron chi connectivity index (χ3n) is 14.9. The van der Waals surface area contributed by atoms with Crippen molar-refractivity contribution < 1.29 is 9.90 Å². The zero-order chi connectivity index (χ0) is 55.2. The molecule has 8 rings (SSSR count). The molecule has 1 amide bonds. The summed E-state index contributed by atoms with van der Waals surface area (Å²) in [6.07, 6.45) is 24.6. The number of carbonyl (C=O) groups is 1. The Balaban J connectivity index is 0.000000210. The molecule has 5 nitrogen and oxygen atoms in total. The number of nitrogens with zero attached hydrogens (tertiary/aromatic N) is 2. The molecule has 6 aromatic carbocycles. The van der Waals surface area contributed by atoms with E-state index < -0.39 is 5.60 Å². The van der Waals surface area contributed by atoms with Crippen LogP contribution in [-0.4, -0.2) is 16.0 Å². The molecule has 1 saturated carbocycles. The Hall–Kier alpha value is -6.61. The molecule has 1 fully saturated rings. The van der Waals surface area contributed by atoms with E-state index in [0.29, 0.717) is 17.8 Å². The predicted octanol–water partition coefficient (Wildman–Crippen LogP) is 19.2. The number of aromatic nitrogens is 1. The molecule has 77 heavy (non-hydrogen) atoms. The predicted molar refractivity (Wildman–Crippen MR) is 326 cm³/mol. The molecule has 4 atom stereocenters. The average molecular weight is 1030 g/mol. The van der Waals surface area contributed by atoms with Gasteiger partial charge in [0.1, 0.15) is 0 Å². The van der Waals surface area contributed by atoms with Gasteiger partial charge < -0.3 is 10.8 Å². The third kappa shape index (κ3) is 22.5. The molecule has 7 aromatic rings. The van der Waals surface area contributed by atoms with Crippen LogP contribution in [0.2, 0.25) is 0 Å². The van der Waals surface area contributed by atoms with E-state index in [0.717, 1.165) is 61.6 Å². The summed E-state index contributed by atoms with van der Waals surface area (Å²) in [5.41, 5.74) is 13.6. The van der Waals surface area contributed by atoms with Gasteiger partial charge in [-0.2, -0.15) is 5.26 Å². The second-order valence-electron chi connectivity index (χ2n) is 20.7. The SMILES string of the molecule is CCCC(C#N)c1ccccc1.CCCC(C(N)=O)c1ccccc1.CCCCC(O)(c1ccccc1)C1CCCCC1.CCCCC(c1ccccc1)c1ccccc1.CCCCC(c1ccccc1)c1cccnc1. The molecule has 0 radical (unpaired) electrons. The molecule has 408 valence electrons. The zero-order valence-corrected chi connectivity index (χ0v) is 47.6. The van der Waals surface area contributed by atoms with Crippen LogP contribution in [0, 0.1) is 17.2 Å². The second-order valence-corrected chi connectivity index (χ2v) is 20.7. The Labute approximate surface area is 466 Å². The van der Waals surface area contributed by atoms with Crippen LogP contribution in [0.25, 0.3) is 0 Å². The monoisotopic (exact) mass is 1030 g/mol. The van der Waals surface area contributed by atoms with Gasteiger partial charge in [0.2, 0.25) is 5.91 Å². The minimum absolute atomic E-state index is 0.0798. The highest BCUT2D eigenvalue weighted by Crippen LogP contribution is 2.42. The number of amides is 1. The number of unbranched alkanes of at least 4 members (excludes halogenated alkanes) is 3. The van der Waals surface area contributed by atoms with E-state index in [1.54, 1.807) is 0 Å². The van der Waals surface area contributed by atoms with Crippen LogP contribution in [0.4, 0.5) is 0 Å². The van der Waals surface area contributed by atoms with E-state index in [1.165, 1.54) is 92.9 Å². The summed E-state index contributed by atoms with van der Waals surface area (Å²) < 4.78 is 0. The number of carbonyl (C=O) groups excluding carboxylic acids is 1. The van der Waals surface area contributed by atoms with Gasteiger partial charge in [0, 0.05) is 24.2 Å². The highest BCUT2D eigenvalue weighted by atomic mass is 16.3. The summed E-state index contributed by atoms with van der Waals surface area (Å²) in [6.45, 7) is 10.9. The summed E-state index contributed by atoms with van der Waals surface area (Å²) in [7, 11) is 0. The lowest BCUT2D eigenvalue weighted by molar-refractivity contribution is -0.119. The summed E-state index contributed by atoms with van der Waals surface area (Å²) in [5, 5.41) is 20.1. The Kier molecular flexibility index (Phi) is 31.1. The van der Waals surface area contributed by atoms with Gasteiger partial charge in [-0.3, -0.25) is 9.78 Å². The number of hydrogen-bond acceptors (Lipinski definition) is 4. The number of primary amides is 1. The van der Waals surface area contributed by atoms with E-state index in [2.05, 4.69) is 167 Å². The highest BCUT2D eigenvalue weighted by Gasteiger charge is 2.38. The van der Waals surface area contributed by atoms with Crippen molar-refractivity contribution >= 4 is 5.91 Å². The van der Waals surface area contributed by atoms with Gasteiger partial charge in [-0.25, -0.2) is 0 Å². The van der Waals surface area contributed by atoms with Crippen LogP contribution in [0.3, 0.4) is 0 Å². The maximum atomic E-state index is 11.2. The van der Waals surface area contributed by atoms with Crippen LogP contribution in [0.15, 0.2) is 207 Å². The van der Waals surface area contributed by atoms with E-state index >= 15 is 0 Å². The fourth-order valence-corrected chi connectivity index (χ4v) is 10.6. The van der Waals surface area contributed by atoms with Crippen LogP contribution < -0.4 is 5.73 Å². The van der Waals surface area contributed by atoms with Gasteiger partial charge in [-0.05, 0) is 95.9 Å². The number of pyridine rings is 1. The van der Waals surface area contributed by atoms with E-state index in [-0.39, 0.29) is 17.7 Å². The number of hydrogen-bond donors (Lipinski definition) is 2. The standard InChI is InChI=1S/C17H26O.C17H20.C16H19N.C11H15NO.C11H13N/c1-2-3-14-17(18,15-10-6-4-7-11-15)16-12-8-5-9-13-16;1-2-3-14-17(15-10-6-4-7-11-15)16-12-8-5-9-13-16;1-2-3-11-16(14-8-5-4-6-9-14)15-10-7-12-17-13-15;1-2-6-10(11(12)13)9-7-4-3-5-8-9;1-2-6-11(9-12)10-7-4-3-5-8-10/h4,6-7,10-11,16,18H,2-3,5,8-9,12-14H2,1H3;4-13,17H,2-3,14H2,1H3;4-10,12-13,16H,2-3,11H2,1H3;3-5,7-8,10H,2,6H2,1H3,(H2,12,13);3-5,7-8,11H,2,6H2,1H3. The number of aliphatic hydroxyl groups is 1. The molecule has 1 aliphatic rings. The first-order chi connectivity index (χ1) is 37.7. The van der Waals surface area contributed by atoms with Crippen LogP contribution >= 0.6 is 0 Å². The Morgan fingerprint density at radius 1 is 0.519 bits per heavy atom. The fraction of sp³-hybridized carbons (Fsp3) is 0.403. The van der Waals surface area contributed by atoms with Crippen molar-refractivity contribution in [3.8, 4) is 6.07 Å². The normalized spacial score (nSPS) is 13.8. The molecule has 0 aliphatic heterocycles. The van der Waals surface area contributed by atoms with E-state index in [9.17, 15) is 9.90 Å². The maximum Gasteiger partial charge on any atom is 0.224 e. The summed E-state index contributed by atoms with van der Waals surface area (Å²) >= 11 is 0. The van der Waals surface area contributed by atoms with Gasteiger partial charge >= 0.3 is 0 Å². The van der Waals surface area contributed by atoms with Gasteiger partial charge in [0.15, 0.2) is 0 Å². The molecule has 1 aromatic heterocycles. The van der Waals surface area contributed by atoms with Crippen molar-refractivity contribution in [1.82, 2.24) is 4.98 Å². The lowest BCUT2D eigenvalue weighted by Gasteiger charge is -2.39. The van der Waals surface area contributed by atoms with Gasteiger partial charge in [-0.1, -0.05) is 293 Å². The highest BCUT2D eigenvalue weighted by molar-refractivity contribution is 5.81. The topological polar surface area (TPSA) is 100 Å². The van der Waals surface area contributed by atoms with E-state index in [1.807, 2.05) is 85.2 Å². The molecule has 4 unspecified atom stereocenters. The zero-order valence-electron chi connectivity index (χ0n) is 47.6. The number of nitriles is 1. The molecule has 1 heterocycles. The van der Waals surface area contributed by atoms with Crippen molar-refractivity contribution in [2.45, 2.75) is 179 Å². The molecular formula is C72H93N3O2. The first-order valence-electron chi connectivity index (χ1n) is 29.4. The second kappa shape index (κ2) is 38.0. The first-order valence-corrected chi connectivity index (χ1v) is 29.4. The summed E-state index contributed by atoms with van der Waals surface area (Å²) in [6, 6.07) is 69.0. The molecule has 1 aliphatic carbocycles. The smallest absolute Gasteiger partial charge is 0.224 e. The molecular weight excluding hydrogens is 939 g/mol. The Morgan fingerprint density at radius 2 is 0.922 bits per heavy atom. The van der Waals surface area contributed by atoms with Crippen molar-refractivity contribution in [2.24, 2.45) is 11.7 Å². The molecule has 0 spiro atoms. The van der Waals surface area contributed by atoms with Gasteiger partial charge in [-0.15, -0.1) is 0 Å². The molecule has 5 heteroatoms. The Bertz CT molecular complexity index is 2380. The molecule has 0 bridgehead atoms. The summed E-state index contributed by atoms with van der Waals surface area (Å²) in [5.74, 6) is 1.23. The lowest BCUT2D eigenvalue weighted by atomic mass is 9.71. The number of benzene rings is 6. The van der Waals surface area contributed by atoms with Crippen molar-refractivity contribution in [3.05, 3.63) is 245 Å². The van der Waals surface area contributed by atoms with Crippen LogP contribution in [0.1, 0.15) is 213 Å².